The van der Waals surface area contributed by atoms with Gasteiger partial charge in [-0.25, -0.2) is 4.79 Å². The van der Waals surface area contributed by atoms with Crippen LogP contribution in [0.2, 0.25) is 0 Å². The third kappa shape index (κ3) is 3.51. The number of halogens is 1. The highest BCUT2D eigenvalue weighted by molar-refractivity contribution is 6.18. The molecule has 0 aromatic heterocycles. The molecule has 1 atom stereocenters. The molecule has 0 aliphatic carbocycles. The molecule has 0 bridgehead atoms. The lowest BCUT2D eigenvalue weighted by Crippen LogP contribution is -2.16. The van der Waals surface area contributed by atoms with Crippen LogP contribution in [0.3, 0.4) is 0 Å². The maximum atomic E-state index is 10.7. The summed E-state index contributed by atoms with van der Waals surface area (Å²) in [6.45, 7) is 8.43. The normalized spacial score (nSPS) is 12.3. The van der Waals surface area contributed by atoms with Crippen LogP contribution in [-0.2, 0) is 9.53 Å². The molecule has 0 spiro atoms. The highest BCUT2D eigenvalue weighted by atomic mass is 35.5. The summed E-state index contributed by atoms with van der Waals surface area (Å²) in [6.07, 6.45) is -0.481. The van der Waals surface area contributed by atoms with E-state index in [2.05, 4.69) is 18.2 Å². The van der Waals surface area contributed by atoms with Crippen LogP contribution in [0, 0.1) is 6.92 Å². The standard InChI is InChI=1S/C7H10ClO2/c1-5(2)7(9)10-6(3)4-8/h6H,1,3-4H2,2H3. The highest BCUT2D eigenvalue weighted by Gasteiger charge is 2.07. The van der Waals surface area contributed by atoms with Crippen LogP contribution in [0.25, 0.3) is 0 Å². The van der Waals surface area contributed by atoms with Gasteiger partial charge in [-0.3, -0.25) is 0 Å². The molecule has 1 unspecified atom stereocenters. The van der Waals surface area contributed by atoms with E-state index < -0.39 is 12.1 Å². The Morgan fingerprint density at radius 3 is 2.60 bits per heavy atom. The summed E-state index contributed by atoms with van der Waals surface area (Å²) in [6, 6.07) is 0. The van der Waals surface area contributed by atoms with Gasteiger partial charge in [0.2, 0.25) is 0 Å². The van der Waals surface area contributed by atoms with Gasteiger partial charge < -0.3 is 4.74 Å². The van der Waals surface area contributed by atoms with Crippen molar-refractivity contribution < 1.29 is 9.53 Å². The zero-order chi connectivity index (χ0) is 8.15. The molecule has 0 aromatic rings. The predicted molar refractivity (Wildman–Crippen MR) is 40.8 cm³/mol. The van der Waals surface area contributed by atoms with E-state index in [1.165, 1.54) is 0 Å². The minimum atomic E-state index is -0.481. The van der Waals surface area contributed by atoms with Crippen LogP contribution >= 0.6 is 11.6 Å². The zero-order valence-corrected chi connectivity index (χ0v) is 6.65. The molecular weight excluding hydrogens is 152 g/mol. The first-order valence-corrected chi connectivity index (χ1v) is 3.37. The van der Waals surface area contributed by atoms with Gasteiger partial charge >= 0.3 is 5.97 Å². The molecule has 0 fully saturated rings. The van der Waals surface area contributed by atoms with Crippen molar-refractivity contribution in [3.63, 3.8) is 0 Å². The number of hydrogen-bond acceptors (Lipinski definition) is 2. The molecule has 0 heterocycles. The first-order chi connectivity index (χ1) is 4.57. The molecule has 57 valence electrons. The van der Waals surface area contributed by atoms with Crippen LogP contribution in [0.15, 0.2) is 12.2 Å². The Balaban J connectivity index is 3.68. The van der Waals surface area contributed by atoms with E-state index in [0.717, 1.165) is 0 Å². The minimum Gasteiger partial charge on any atom is -0.458 e. The Morgan fingerprint density at radius 2 is 2.30 bits per heavy atom. The molecule has 0 saturated heterocycles. The second-order valence-electron chi connectivity index (χ2n) is 1.96. The van der Waals surface area contributed by atoms with Gasteiger partial charge in [0.05, 0.1) is 5.88 Å². The van der Waals surface area contributed by atoms with Crippen molar-refractivity contribution >= 4 is 17.6 Å². The average Bonchev–Trinajstić information content (AvgIpc) is 1.87. The molecule has 0 saturated carbocycles. The van der Waals surface area contributed by atoms with Crippen molar-refractivity contribution in [1.29, 1.82) is 0 Å². The number of carbonyl (C=O) groups is 1. The van der Waals surface area contributed by atoms with Crippen molar-refractivity contribution in [2.24, 2.45) is 0 Å². The third-order valence-corrected chi connectivity index (χ3v) is 1.14. The fourth-order valence-electron chi connectivity index (χ4n) is 0.283. The minimum absolute atomic E-state index is 0.207. The fourth-order valence-corrected chi connectivity index (χ4v) is 0.346. The van der Waals surface area contributed by atoms with Gasteiger partial charge in [0.25, 0.3) is 0 Å². The Kier molecular flexibility index (Phi) is 4.12. The molecule has 0 aliphatic rings. The number of carbonyl (C=O) groups excluding carboxylic acids is 1. The van der Waals surface area contributed by atoms with Crippen LogP contribution in [-0.4, -0.2) is 18.0 Å². The predicted octanol–water partition coefficient (Wildman–Crippen LogP) is 1.55. The highest BCUT2D eigenvalue weighted by Crippen LogP contribution is 1.98. The van der Waals surface area contributed by atoms with E-state index in [1.54, 1.807) is 6.92 Å². The monoisotopic (exact) mass is 161 g/mol. The van der Waals surface area contributed by atoms with Gasteiger partial charge in [0.15, 0.2) is 0 Å². The molecule has 0 rings (SSSR count). The Labute approximate surface area is 65.8 Å². The molecule has 0 amide bonds. The third-order valence-electron chi connectivity index (χ3n) is 0.794. The molecule has 10 heavy (non-hydrogen) atoms. The van der Waals surface area contributed by atoms with Gasteiger partial charge in [-0.1, -0.05) is 6.58 Å². The topological polar surface area (TPSA) is 26.3 Å². The van der Waals surface area contributed by atoms with Gasteiger partial charge in [-0.15, -0.1) is 11.6 Å². The van der Waals surface area contributed by atoms with Crippen molar-refractivity contribution in [2.45, 2.75) is 13.0 Å². The van der Waals surface area contributed by atoms with E-state index >= 15 is 0 Å². The first-order valence-electron chi connectivity index (χ1n) is 2.83. The number of rotatable bonds is 3. The molecule has 1 radical (unpaired) electrons. The van der Waals surface area contributed by atoms with Crippen molar-refractivity contribution in [3.8, 4) is 0 Å². The number of hydrogen-bond donors (Lipinski definition) is 0. The summed E-state index contributed by atoms with van der Waals surface area (Å²) >= 11 is 5.33. The lowest BCUT2D eigenvalue weighted by Gasteiger charge is -2.08. The summed E-state index contributed by atoms with van der Waals surface area (Å²) in [4.78, 5) is 10.7. The van der Waals surface area contributed by atoms with Crippen molar-refractivity contribution in [2.75, 3.05) is 5.88 Å². The zero-order valence-electron chi connectivity index (χ0n) is 5.89. The van der Waals surface area contributed by atoms with Crippen molar-refractivity contribution in [3.05, 3.63) is 19.1 Å². The molecule has 3 heteroatoms. The van der Waals surface area contributed by atoms with E-state index in [4.69, 9.17) is 11.6 Å². The van der Waals surface area contributed by atoms with Crippen LogP contribution in [0.5, 0.6) is 0 Å². The number of esters is 1. The van der Waals surface area contributed by atoms with E-state index in [1.807, 2.05) is 0 Å². The summed E-state index contributed by atoms with van der Waals surface area (Å²) in [5, 5.41) is 0. The molecule has 0 aromatic carbocycles. The van der Waals surface area contributed by atoms with Crippen LogP contribution < -0.4 is 0 Å². The fraction of sp³-hybridized carbons (Fsp3) is 0.429. The maximum Gasteiger partial charge on any atom is 0.333 e. The molecule has 0 N–H and O–H groups in total. The Morgan fingerprint density at radius 1 is 1.80 bits per heavy atom. The Hall–Kier alpha value is -0.500. The second kappa shape index (κ2) is 4.34. The van der Waals surface area contributed by atoms with Crippen LogP contribution in [0.4, 0.5) is 0 Å². The smallest absolute Gasteiger partial charge is 0.333 e. The van der Waals surface area contributed by atoms with Gasteiger partial charge in [-0.2, -0.15) is 0 Å². The van der Waals surface area contributed by atoms with Crippen molar-refractivity contribution in [1.82, 2.24) is 0 Å². The number of ether oxygens (including phenoxy) is 1. The SMILES string of the molecule is [CH2]C(CCl)OC(=O)C(=C)C. The van der Waals surface area contributed by atoms with E-state index in [0.29, 0.717) is 5.57 Å². The van der Waals surface area contributed by atoms with Gasteiger partial charge in [0.1, 0.15) is 6.10 Å². The molecular formula is C7H10ClO2. The quantitative estimate of drug-likeness (QED) is 0.357. The van der Waals surface area contributed by atoms with Gasteiger partial charge in [0, 0.05) is 5.57 Å². The summed E-state index contributed by atoms with van der Waals surface area (Å²) < 4.78 is 4.68. The molecule has 0 aliphatic heterocycles. The lowest BCUT2D eigenvalue weighted by atomic mass is 10.3. The largest absolute Gasteiger partial charge is 0.458 e. The van der Waals surface area contributed by atoms with E-state index in [-0.39, 0.29) is 5.88 Å². The summed E-state index contributed by atoms with van der Waals surface area (Å²) in [7, 11) is 0. The lowest BCUT2D eigenvalue weighted by molar-refractivity contribution is -0.141. The average molecular weight is 162 g/mol. The van der Waals surface area contributed by atoms with Gasteiger partial charge in [-0.05, 0) is 13.8 Å². The van der Waals surface area contributed by atoms with E-state index in [9.17, 15) is 4.79 Å². The second-order valence-corrected chi connectivity index (χ2v) is 2.27. The summed E-state index contributed by atoms with van der Waals surface area (Å²) in [5.41, 5.74) is 0.360. The number of alkyl halides is 1. The summed E-state index contributed by atoms with van der Waals surface area (Å²) in [5.74, 6) is -0.236. The molecule has 2 nitrogen and oxygen atoms in total. The van der Waals surface area contributed by atoms with Crippen LogP contribution in [0.1, 0.15) is 6.92 Å². The maximum absolute atomic E-state index is 10.7. The Bertz CT molecular complexity index is 143. The first kappa shape index (κ1) is 9.50.